The van der Waals surface area contributed by atoms with Crippen LogP contribution in [-0.4, -0.2) is 5.97 Å². The maximum Gasteiger partial charge on any atom is 0.453 e. The highest BCUT2D eigenvalue weighted by Gasteiger charge is 2.40. The zero-order chi connectivity index (χ0) is 23.8. The van der Waals surface area contributed by atoms with Crippen LogP contribution in [0.4, 0.5) is 13.2 Å². The van der Waals surface area contributed by atoms with Crippen LogP contribution in [0, 0.1) is 10.5 Å². The first-order chi connectivity index (χ1) is 15.6. The Morgan fingerprint density at radius 3 is 2.30 bits per heavy atom. The molecule has 0 atom stereocenters. The summed E-state index contributed by atoms with van der Waals surface area (Å²) in [6.45, 7) is 1.80. The molecule has 3 aromatic carbocycles. The molecule has 0 aliphatic carbocycles. The van der Waals surface area contributed by atoms with Gasteiger partial charge in [-0.3, -0.25) is 4.79 Å². The zero-order valence-corrected chi connectivity index (χ0v) is 19.1. The van der Waals surface area contributed by atoms with E-state index in [9.17, 15) is 22.8 Å². The standard InChI is InChI=1S/C24H14F3IO5/c1-13-6-8-14(9-7-13)31-21-20(29)17-11-10-15(12-19(17)33-22(21)24(25,26)27)32-23(30)16-4-2-3-5-18(16)28/h2-12H,1H3. The molecule has 33 heavy (non-hydrogen) atoms. The lowest BCUT2D eigenvalue weighted by molar-refractivity contribution is -0.154. The van der Waals surface area contributed by atoms with Crippen LogP contribution in [0.5, 0.6) is 17.2 Å². The molecular weight excluding hydrogens is 552 g/mol. The number of ether oxygens (including phenoxy) is 2. The van der Waals surface area contributed by atoms with Crippen LogP contribution in [0.1, 0.15) is 21.7 Å². The topological polar surface area (TPSA) is 65.7 Å². The summed E-state index contributed by atoms with van der Waals surface area (Å²) in [5.74, 6) is -3.27. The van der Waals surface area contributed by atoms with E-state index >= 15 is 0 Å². The average molecular weight is 566 g/mol. The number of hydrogen-bond acceptors (Lipinski definition) is 5. The van der Waals surface area contributed by atoms with Crippen LogP contribution in [0.3, 0.4) is 0 Å². The summed E-state index contributed by atoms with van der Waals surface area (Å²) in [7, 11) is 0. The average Bonchev–Trinajstić information content (AvgIpc) is 2.76. The first-order valence-corrected chi connectivity index (χ1v) is 10.6. The van der Waals surface area contributed by atoms with Gasteiger partial charge in [0.05, 0.1) is 10.9 Å². The Morgan fingerprint density at radius 2 is 1.64 bits per heavy atom. The van der Waals surface area contributed by atoms with Crippen molar-refractivity contribution in [3.63, 3.8) is 0 Å². The fourth-order valence-electron chi connectivity index (χ4n) is 3.01. The number of carbonyl (C=O) groups excluding carboxylic acids is 1. The molecule has 0 radical (unpaired) electrons. The molecule has 5 nitrogen and oxygen atoms in total. The third-order valence-electron chi connectivity index (χ3n) is 4.62. The molecule has 1 aromatic heterocycles. The molecule has 0 unspecified atom stereocenters. The van der Waals surface area contributed by atoms with Crippen molar-refractivity contribution in [3.05, 3.63) is 97.4 Å². The van der Waals surface area contributed by atoms with Gasteiger partial charge in [0.15, 0.2) is 0 Å². The summed E-state index contributed by atoms with van der Waals surface area (Å²) in [5, 5.41) is -0.154. The number of carbonyl (C=O) groups is 1. The second kappa shape index (κ2) is 8.89. The molecule has 1 heterocycles. The van der Waals surface area contributed by atoms with E-state index in [1.807, 2.05) is 22.6 Å². The summed E-state index contributed by atoms with van der Waals surface area (Å²) in [6, 6.07) is 16.4. The predicted octanol–water partition coefficient (Wildman–Crippen LogP) is 6.74. The van der Waals surface area contributed by atoms with Crippen LogP contribution in [0.25, 0.3) is 11.0 Å². The van der Waals surface area contributed by atoms with Gasteiger partial charge >= 0.3 is 12.1 Å². The van der Waals surface area contributed by atoms with E-state index in [4.69, 9.17) is 13.9 Å². The Labute approximate surface area is 198 Å². The van der Waals surface area contributed by atoms with Gasteiger partial charge in [-0.1, -0.05) is 29.8 Å². The summed E-state index contributed by atoms with van der Waals surface area (Å²) in [4.78, 5) is 25.3. The quantitative estimate of drug-likeness (QED) is 0.156. The van der Waals surface area contributed by atoms with Gasteiger partial charge in [-0.25, -0.2) is 4.79 Å². The van der Waals surface area contributed by atoms with E-state index in [1.165, 1.54) is 24.3 Å². The minimum absolute atomic E-state index is 0.0563. The number of halogens is 4. The normalized spacial score (nSPS) is 11.4. The summed E-state index contributed by atoms with van der Waals surface area (Å²) >= 11 is 1.96. The SMILES string of the molecule is Cc1ccc(Oc2c(C(F)(F)F)oc3cc(OC(=O)c4ccccc4I)ccc3c2=O)cc1. The van der Waals surface area contributed by atoms with Crippen molar-refractivity contribution in [2.45, 2.75) is 13.1 Å². The minimum Gasteiger partial charge on any atom is -0.449 e. The van der Waals surface area contributed by atoms with Gasteiger partial charge < -0.3 is 13.9 Å². The van der Waals surface area contributed by atoms with E-state index in [1.54, 1.807) is 43.3 Å². The van der Waals surface area contributed by atoms with Gasteiger partial charge in [0.2, 0.25) is 11.2 Å². The van der Waals surface area contributed by atoms with E-state index in [0.717, 1.165) is 11.6 Å². The van der Waals surface area contributed by atoms with Gasteiger partial charge in [-0.15, -0.1) is 0 Å². The molecule has 4 aromatic rings. The molecule has 0 aliphatic rings. The molecular formula is C24H14F3IO5. The van der Waals surface area contributed by atoms with Gasteiger partial charge in [0.1, 0.15) is 17.1 Å². The molecule has 0 fully saturated rings. The lowest BCUT2D eigenvalue weighted by Crippen LogP contribution is -2.15. The number of alkyl halides is 3. The van der Waals surface area contributed by atoms with Crippen molar-refractivity contribution in [3.8, 4) is 17.2 Å². The van der Waals surface area contributed by atoms with Crippen molar-refractivity contribution in [1.29, 1.82) is 0 Å². The van der Waals surface area contributed by atoms with Crippen LogP contribution in [-0.2, 0) is 6.18 Å². The first kappa shape index (κ1) is 22.8. The van der Waals surface area contributed by atoms with E-state index in [2.05, 4.69) is 0 Å². The Bertz CT molecular complexity index is 1410. The Morgan fingerprint density at radius 1 is 0.970 bits per heavy atom. The third-order valence-corrected chi connectivity index (χ3v) is 5.57. The summed E-state index contributed by atoms with van der Waals surface area (Å²) in [5.41, 5.74) is -0.232. The second-order valence-electron chi connectivity index (χ2n) is 7.03. The van der Waals surface area contributed by atoms with Crippen LogP contribution in [0.2, 0.25) is 0 Å². The zero-order valence-electron chi connectivity index (χ0n) is 16.9. The second-order valence-corrected chi connectivity index (χ2v) is 8.19. The van der Waals surface area contributed by atoms with Gasteiger partial charge in [-0.2, -0.15) is 13.2 Å². The Kier molecular flexibility index (Phi) is 6.15. The fourth-order valence-corrected chi connectivity index (χ4v) is 3.62. The van der Waals surface area contributed by atoms with Gasteiger partial charge in [0, 0.05) is 9.64 Å². The fraction of sp³-hybridized carbons (Fsp3) is 0.0833. The number of hydrogen-bond donors (Lipinski definition) is 0. The molecule has 0 spiro atoms. The highest BCUT2D eigenvalue weighted by molar-refractivity contribution is 14.1. The number of esters is 1. The van der Waals surface area contributed by atoms with Crippen LogP contribution >= 0.6 is 22.6 Å². The molecule has 4 rings (SSSR count). The van der Waals surface area contributed by atoms with Gasteiger partial charge in [0.25, 0.3) is 5.76 Å². The van der Waals surface area contributed by atoms with Crippen molar-refractivity contribution in [2.24, 2.45) is 0 Å². The molecule has 9 heteroatoms. The maximum atomic E-state index is 13.7. The maximum absolute atomic E-state index is 13.7. The molecule has 0 aliphatic heterocycles. The molecule has 0 amide bonds. The highest BCUT2D eigenvalue weighted by Crippen LogP contribution is 2.38. The van der Waals surface area contributed by atoms with Crippen molar-refractivity contribution < 1.29 is 31.9 Å². The lowest BCUT2D eigenvalue weighted by Gasteiger charge is -2.14. The molecule has 168 valence electrons. The van der Waals surface area contributed by atoms with Crippen molar-refractivity contribution in [1.82, 2.24) is 0 Å². The number of fused-ring (bicyclic) bond motifs is 1. The van der Waals surface area contributed by atoms with E-state index in [0.29, 0.717) is 3.57 Å². The van der Waals surface area contributed by atoms with Gasteiger partial charge in [-0.05, 0) is 65.9 Å². The van der Waals surface area contributed by atoms with Crippen LogP contribution < -0.4 is 14.9 Å². The number of benzene rings is 3. The molecule has 0 N–H and O–H groups in total. The predicted molar refractivity (Wildman–Crippen MR) is 123 cm³/mol. The lowest BCUT2D eigenvalue weighted by atomic mass is 10.2. The van der Waals surface area contributed by atoms with E-state index < -0.39 is 34.7 Å². The van der Waals surface area contributed by atoms with Crippen LogP contribution in [0.15, 0.2) is 75.9 Å². The highest BCUT2D eigenvalue weighted by atomic mass is 127. The van der Waals surface area contributed by atoms with Crippen molar-refractivity contribution in [2.75, 3.05) is 0 Å². The largest absolute Gasteiger partial charge is 0.453 e. The molecule has 0 saturated heterocycles. The Balaban J connectivity index is 1.76. The van der Waals surface area contributed by atoms with Crippen molar-refractivity contribution >= 4 is 39.5 Å². The Hall–Kier alpha value is -3.34. The minimum atomic E-state index is -5.00. The number of rotatable bonds is 4. The number of aryl methyl sites for hydroxylation is 1. The monoisotopic (exact) mass is 566 g/mol. The molecule has 0 bridgehead atoms. The molecule has 0 saturated carbocycles. The smallest absolute Gasteiger partial charge is 0.449 e. The third kappa shape index (κ3) is 4.87. The first-order valence-electron chi connectivity index (χ1n) is 9.53. The van der Waals surface area contributed by atoms with E-state index in [-0.39, 0.29) is 22.4 Å². The summed E-state index contributed by atoms with van der Waals surface area (Å²) in [6.07, 6.45) is -5.00. The summed E-state index contributed by atoms with van der Waals surface area (Å²) < 4.78 is 57.3.